The van der Waals surface area contributed by atoms with Crippen molar-refractivity contribution in [3.8, 4) is 0 Å². The van der Waals surface area contributed by atoms with Gasteiger partial charge in [-0.05, 0) is 13.0 Å². The molecule has 1 heterocycles. The van der Waals surface area contributed by atoms with Crippen molar-refractivity contribution in [3.63, 3.8) is 0 Å². The third-order valence-electron chi connectivity index (χ3n) is 1.45. The van der Waals surface area contributed by atoms with E-state index in [1.54, 1.807) is 13.0 Å². The first kappa shape index (κ1) is 8.48. The van der Waals surface area contributed by atoms with Crippen LogP contribution in [0.2, 0.25) is 0 Å². The third kappa shape index (κ3) is 1.51. The minimum Gasteiger partial charge on any atom is -0.398 e. The molecule has 0 fully saturated rings. The van der Waals surface area contributed by atoms with Crippen LogP contribution < -0.4 is 17.0 Å². The number of hydrogen-bond acceptors (Lipinski definition) is 4. The van der Waals surface area contributed by atoms with Gasteiger partial charge in [-0.15, -0.1) is 0 Å². The van der Waals surface area contributed by atoms with Gasteiger partial charge in [0.1, 0.15) is 0 Å². The number of pyridine rings is 1. The summed E-state index contributed by atoms with van der Waals surface area (Å²) < 4.78 is 0. The molecule has 5 nitrogen and oxygen atoms in total. The second-order valence-corrected chi connectivity index (χ2v) is 2.39. The van der Waals surface area contributed by atoms with E-state index >= 15 is 0 Å². The lowest BCUT2D eigenvalue weighted by atomic mass is 10.2. The van der Waals surface area contributed by atoms with Gasteiger partial charge in [-0.2, -0.15) is 0 Å². The molecule has 0 saturated carbocycles. The highest BCUT2D eigenvalue weighted by Crippen LogP contribution is 2.10. The Bertz CT molecular complexity index is 310. The molecule has 1 amide bonds. The van der Waals surface area contributed by atoms with Crippen molar-refractivity contribution in [2.24, 2.45) is 5.84 Å². The molecule has 0 unspecified atom stereocenters. The molecule has 1 rings (SSSR count). The molecule has 0 saturated heterocycles. The van der Waals surface area contributed by atoms with Crippen LogP contribution in [0.5, 0.6) is 0 Å². The molecule has 1 aromatic rings. The number of carbonyl (C=O) groups is 1. The van der Waals surface area contributed by atoms with E-state index in [2.05, 4.69) is 4.98 Å². The molecule has 0 aliphatic carbocycles. The highest BCUT2D eigenvalue weighted by Gasteiger charge is 2.07. The molecular formula is C7H10N4O. The van der Waals surface area contributed by atoms with Crippen molar-refractivity contribution in [2.75, 3.05) is 5.73 Å². The van der Waals surface area contributed by atoms with Crippen LogP contribution in [0, 0.1) is 6.92 Å². The summed E-state index contributed by atoms with van der Waals surface area (Å²) in [6.07, 6.45) is 1.40. The average Bonchev–Trinajstić information content (AvgIpc) is 2.03. The summed E-state index contributed by atoms with van der Waals surface area (Å²) >= 11 is 0. The van der Waals surface area contributed by atoms with Crippen LogP contribution in [0.15, 0.2) is 12.3 Å². The van der Waals surface area contributed by atoms with Crippen molar-refractivity contribution >= 4 is 11.6 Å². The fourth-order valence-corrected chi connectivity index (χ4v) is 0.848. The largest absolute Gasteiger partial charge is 0.398 e. The molecule has 0 aliphatic rings. The smallest absolute Gasteiger partial charge is 0.268 e. The van der Waals surface area contributed by atoms with E-state index in [9.17, 15) is 4.79 Å². The van der Waals surface area contributed by atoms with Gasteiger partial charge in [0.2, 0.25) is 0 Å². The van der Waals surface area contributed by atoms with Gasteiger partial charge in [-0.25, -0.2) is 5.84 Å². The second-order valence-electron chi connectivity index (χ2n) is 2.39. The number of amides is 1. The Morgan fingerprint density at radius 3 is 2.83 bits per heavy atom. The molecule has 0 spiro atoms. The summed E-state index contributed by atoms with van der Waals surface area (Å²) in [6, 6.07) is 1.62. The fraction of sp³-hybridized carbons (Fsp3) is 0.143. The number of rotatable bonds is 1. The molecule has 5 heteroatoms. The molecule has 0 atom stereocenters. The number of hydrogen-bond donors (Lipinski definition) is 3. The summed E-state index contributed by atoms with van der Waals surface area (Å²) in [7, 11) is 0. The quantitative estimate of drug-likeness (QED) is 0.300. The third-order valence-corrected chi connectivity index (χ3v) is 1.45. The highest BCUT2D eigenvalue weighted by atomic mass is 16.2. The molecule has 0 aromatic carbocycles. The summed E-state index contributed by atoms with van der Waals surface area (Å²) in [5, 5.41) is 0. The number of anilines is 1. The van der Waals surface area contributed by atoms with Crippen LogP contribution in [0.4, 0.5) is 5.69 Å². The minimum atomic E-state index is -0.431. The van der Waals surface area contributed by atoms with Crippen molar-refractivity contribution in [2.45, 2.75) is 6.92 Å². The molecule has 0 bridgehead atoms. The number of nitrogen functional groups attached to an aromatic ring is 2. The van der Waals surface area contributed by atoms with Gasteiger partial charge < -0.3 is 5.73 Å². The van der Waals surface area contributed by atoms with Gasteiger partial charge >= 0.3 is 0 Å². The van der Waals surface area contributed by atoms with Gasteiger partial charge in [0.15, 0.2) is 0 Å². The van der Waals surface area contributed by atoms with Crippen LogP contribution in [-0.4, -0.2) is 10.9 Å². The Hall–Kier alpha value is -1.62. The highest BCUT2D eigenvalue weighted by molar-refractivity contribution is 5.98. The van der Waals surface area contributed by atoms with Gasteiger partial charge in [-0.1, -0.05) is 0 Å². The lowest BCUT2D eigenvalue weighted by molar-refractivity contribution is 0.0954. The van der Waals surface area contributed by atoms with Crippen molar-refractivity contribution < 1.29 is 4.79 Å². The minimum absolute atomic E-state index is 0.295. The molecule has 64 valence electrons. The topological polar surface area (TPSA) is 94.0 Å². The van der Waals surface area contributed by atoms with E-state index in [-0.39, 0.29) is 0 Å². The average molecular weight is 166 g/mol. The monoisotopic (exact) mass is 166 g/mol. The molecule has 0 aliphatic heterocycles. The fourth-order valence-electron chi connectivity index (χ4n) is 0.848. The van der Waals surface area contributed by atoms with Crippen LogP contribution in [0.3, 0.4) is 0 Å². The number of aryl methyl sites for hydroxylation is 1. The van der Waals surface area contributed by atoms with Crippen LogP contribution in [0.1, 0.15) is 16.1 Å². The van der Waals surface area contributed by atoms with Crippen molar-refractivity contribution in [3.05, 3.63) is 23.5 Å². The molecular weight excluding hydrogens is 156 g/mol. The maximum atomic E-state index is 11.0. The van der Waals surface area contributed by atoms with E-state index in [0.717, 1.165) is 5.69 Å². The van der Waals surface area contributed by atoms with Gasteiger partial charge in [0, 0.05) is 17.6 Å². The maximum absolute atomic E-state index is 11.0. The number of nitrogens with zero attached hydrogens (tertiary/aromatic N) is 1. The molecule has 5 N–H and O–H groups in total. The van der Waals surface area contributed by atoms with E-state index in [1.165, 1.54) is 6.20 Å². The predicted octanol–water partition coefficient (Wildman–Crippen LogP) is -0.424. The lowest BCUT2D eigenvalue weighted by Crippen LogP contribution is -2.30. The molecule has 0 radical (unpaired) electrons. The Balaban J connectivity index is 3.09. The van der Waals surface area contributed by atoms with Crippen LogP contribution in [0.25, 0.3) is 0 Å². The number of carbonyl (C=O) groups excluding carboxylic acids is 1. The number of hydrazine groups is 1. The zero-order valence-corrected chi connectivity index (χ0v) is 6.66. The van der Waals surface area contributed by atoms with E-state index in [1.807, 2.05) is 5.43 Å². The Labute approximate surface area is 69.7 Å². The first-order valence-corrected chi connectivity index (χ1v) is 3.38. The van der Waals surface area contributed by atoms with Crippen LogP contribution in [-0.2, 0) is 0 Å². The first-order chi connectivity index (χ1) is 5.65. The van der Waals surface area contributed by atoms with Crippen molar-refractivity contribution in [1.82, 2.24) is 10.4 Å². The normalized spacial score (nSPS) is 9.50. The summed E-state index contributed by atoms with van der Waals surface area (Å²) in [5.41, 5.74) is 8.96. The zero-order valence-electron chi connectivity index (χ0n) is 6.66. The predicted molar refractivity (Wildman–Crippen MR) is 45.0 cm³/mol. The standard InChI is InChI=1S/C7H10N4O/c1-4-2-6(8)5(3-10-4)7(12)11-9/h2-3H,9H2,1H3,(H2,8,10)(H,11,12). The van der Waals surface area contributed by atoms with Gasteiger partial charge in [0.25, 0.3) is 5.91 Å². The number of nitrogens with two attached hydrogens (primary N) is 2. The lowest BCUT2D eigenvalue weighted by Gasteiger charge is -2.03. The summed E-state index contributed by atoms with van der Waals surface area (Å²) in [4.78, 5) is 14.9. The first-order valence-electron chi connectivity index (χ1n) is 3.38. The SMILES string of the molecule is Cc1cc(N)c(C(=O)NN)cn1. The second kappa shape index (κ2) is 3.19. The van der Waals surface area contributed by atoms with Gasteiger partial charge in [-0.3, -0.25) is 15.2 Å². The number of aromatic nitrogens is 1. The summed E-state index contributed by atoms with van der Waals surface area (Å²) in [5.74, 6) is 4.50. The Morgan fingerprint density at radius 2 is 2.33 bits per heavy atom. The zero-order chi connectivity index (χ0) is 9.14. The van der Waals surface area contributed by atoms with E-state index < -0.39 is 5.91 Å². The Morgan fingerprint density at radius 1 is 1.67 bits per heavy atom. The Kier molecular flexibility index (Phi) is 2.25. The number of nitrogens with one attached hydrogen (secondary N) is 1. The molecule has 1 aromatic heterocycles. The summed E-state index contributed by atoms with van der Waals surface area (Å²) in [6.45, 7) is 1.79. The maximum Gasteiger partial charge on any atom is 0.268 e. The van der Waals surface area contributed by atoms with E-state index in [0.29, 0.717) is 11.3 Å². The van der Waals surface area contributed by atoms with Crippen molar-refractivity contribution in [1.29, 1.82) is 0 Å². The van der Waals surface area contributed by atoms with E-state index in [4.69, 9.17) is 11.6 Å². The van der Waals surface area contributed by atoms with Gasteiger partial charge in [0.05, 0.1) is 5.56 Å². The van der Waals surface area contributed by atoms with Crippen LogP contribution >= 0.6 is 0 Å². The molecule has 12 heavy (non-hydrogen) atoms.